The zero-order valence-electron chi connectivity index (χ0n) is 15.1. The lowest BCUT2D eigenvalue weighted by Crippen LogP contribution is -2.34. The molecule has 1 atom stereocenters. The van der Waals surface area contributed by atoms with Crippen molar-refractivity contribution in [2.45, 2.75) is 39.2 Å². The van der Waals surface area contributed by atoms with Crippen LogP contribution in [-0.4, -0.2) is 43.1 Å². The third-order valence-electron chi connectivity index (χ3n) is 4.59. The summed E-state index contributed by atoms with van der Waals surface area (Å²) in [5.74, 6) is 2.04. The Morgan fingerprint density at radius 1 is 1.31 bits per heavy atom. The summed E-state index contributed by atoms with van der Waals surface area (Å²) in [5, 5.41) is 13.3. The third-order valence-corrected chi connectivity index (χ3v) is 5.46. The molecule has 1 saturated heterocycles. The van der Waals surface area contributed by atoms with Crippen LogP contribution in [0.4, 0.5) is 10.9 Å². The lowest BCUT2D eigenvalue weighted by atomic mass is 9.94. The number of hydrogen-bond donors (Lipinski definition) is 2. The SMILES string of the molecule is Cc1csc(Nc2cc([C@H]3CCCN(Cc4ccn[nH]4)C3)nc(C)n2)n1. The van der Waals surface area contributed by atoms with E-state index in [0.29, 0.717) is 5.92 Å². The molecule has 1 aliphatic rings. The van der Waals surface area contributed by atoms with E-state index in [0.717, 1.165) is 59.9 Å². The molecule has 0 aliphatic carbocycles. The maximum absolute atomic E-state index is 4.72. The summed E-state index contributed by atoms with van der Waals surface area (Å²) in [4.78, 5) is 16.2. The number of piperidine rings is 1. The Kier molecular flexibility index (Phi) is 4.94. The molecule has 0 saturated carbocycles. The maximum atomic E-state index is 4.72. The molecule has 0 amide bonds. The van der Waals surface area contributed by atoms with Crippen LogP contribution in [0, 0.1) is 13.8 Å². The van der Waals surface area contributed by atoms with Crippen LogP contribution >= 0.6 is 11.3 Å². The number of thiazole rings is 1. The first-order valence-electron chi connectivity index (χ1n) is 8.91. The average molecular weight is 369 g/mol. The van der Waals surface area contributed by atoms with Gasteiger partial charge in [0.1, 0.15) is 11.6 Å². The Morgan fingerprint density at radius 2 is 2.23 bits per heavy atom. The van der Waals surface area contributed by atoms with Gasteiger partial charge in [-0.3, -0.25) is 10.00 Å². The van der Waals surface area contributed by atoms with E-state index in [1.54, 1.807) is 11.3 Å². The monoisotopic (exact) mass is 369 g/mol. The zero-order chi connectivity index (χ0) is 17.9. The molecule has 136 valence electrons. The van der Waals surface area contributed by atoms with Crippen molar-refractivity contribution in [3.05, 3.63) is 46.6 Å². The topological polar surface area (TPSA) is 82.6 Å². The predicted molar refractivity (Wildman–Crippen MR) is 103 cm³/mol. The lowest BCUT2D eigenvalue weighted by molar-refractivity contribution is 0.196. The first-order valence-corrected chi connectivity index (χ1v) is 9.79. The molecule has 1 aliphatic heterocycles. The number of aromatic amines is 1. The van der Waals surface area contributed by atoms with Crippen molar-refractivity contribution in [2.75, 3.05) is 18.4 Å². The molecule has 3 aromatic heterocycles. The van der Waals surface area contributed by atoms with Crippen LogP contribution in [0.15, 0.2) is 23.7 Å². The first-order chi connectivity index (χ1) is 12.7. The van der Waals surface area contributed by atoms with E-state index in [1.807, 2.05) is 31.5 Å². The average Bonchev–Trinajstić information content (AvgIpc) is 3.26. The summed E-state index contributed by atoms with van der Waals surface area (Å²) in [7, 11) is 0. The normalized spacial score (nSPS) is 18.2. The highest BCUT2D eigenvalue weighted by Crippen LogP contribution is 2.28. The van der Waals surface area contributed by atoms with Gasteiger partial charge in [-0.25, -0.2) is 15.0 Å². The Bertz CT molecular complexity index is 858. The molecule has 7 nitrogen and oxygen atoms in total. The fourth-order valence-corrected chi connectivity index (χ4v) is 4.13. The van der Waals surface area contributed by atoms with Crippen molar-refractivity contribution in [1.29, 1.82) is 0 Å². The minimum atomic E-state index is 0.423. The summed E-state index contributed by atoms with van der Waals surface area (Å²) < 4.78 is 0. The second kappa shape index (κ2) is 7.51. The number of aryl methyl sites for hydroxylation is 2. The lowest BCUT2D eigenvalue weighted by Gasteiger charge is -2.32. The maximum Gasteiger partial charge on any atom is 0.188 e. The van der Waals surface area contributed by atoms with Gasteiger partial charge in [-0.15, -0.1) is 11.3 Å². The summed E-state index contributed by atoms with van der Waals surface area (Å²) in [6, 6.07) is 4.12. The predicted octanol–water partition coefficient (Wildman–Crippen LogP) is 3.40. The second-order valence-corrected chi connectivity index (χ2v) is 7.66. The number of nitrogens with zero attached hydrogens (tertiary/aromatic N) is 5. The van der Waals surface area contributed by atoms with Crippen LogP contribution in [-0.2, 0) is 6.54 Å². The molecule has 4 rings (SSSR count). The van der Waals surface area contributed by atoms with Crippen molar-refractivity contribution >= 4 is 22.3 Å². The Hall–Kier alpha value is -2.32. The van der Waals surface area contributed by atoms with Gasteiger partial charge < -0.3 is 5.32 Å². The molecule has 0 aromatic carbocycles. The van der Waals surface area contributed by atoms with Gasteiger partial charge in [0, 0.05) is 42.3 Å². The highest BCUT2D eigenvalue weighted by Gasteiger charge is 2.23. The molecular weight excluding hydrogens is 346 g/mol. The van der Waals surface area contributed by atoms with Crippen molar-refractivity contribution in [3.63, 3.8) is 0 Å². The van der Waals surface area contributed by atoms with Gasteiger partial charge in [0.2, 0.25) is 0 Å². The molecule has 1 fully saturated rings. The molecule has 8 heteroatoms. The molecule has 4 heterocycles. The van der Waals surface area contributed by atoms with E-state index in [1.165, 1.54) is 6.42 Å². The quantitative estimate of drug-likeness (QED) is 0.717. The van der Waals surface area contributed by atoms with Gasteiger partial charge in [-0.2, -0.15) is 5.10 Å². The molecule has 0 unspecified atom stereocenters. The molecule has 3 aromatic rings. The van der Waals surface area contributed by atoms with E-state index in [4.69, 9.17) is 4.98 Å². The first kappa shape index (κ1) is 17.1. The molecule has 2 N–H and O–H groups in total. The molecule has 0 bridgehead atoms. The van der Waals surface area contributed by atoms with Crippen LogP contribution < -0.4 is 5.32 Å². The van der Waals surface area contributed by atoms with E-state index < -0.39 is 0 Å². The number of rotatable bonds is 5. The van der Waals surface area contributed by atoms with E-state index >= 15 is 0 Å². The number of anilines is 2. The van der Waals surface area contributed by atoms with Crippen molar-refractivity contribution in [3.8, 4) is 0 Å². The Balaban J connectivity index is 1.49. The van der Waals surface area contributed by atoms with Crippen LogP contribution in [0.1, 0.15) is 41.7 Å². The highest BCUT2D eigenvalue weighted by atomic mass is 32.1. The standard InChI is InChI=1S/C18H23N7S/c1-12-11-26-18(20-12)23-17-8-16(21-13(2)22-17)14-4-3-7-25(9-14)10-15-5-6-19-24-15/h5-6,8,11,14H,3-4,7,9-10H2,1-2H3,(H,19,24)(H,20,21,22,23)/t14-/m0/s1. The fraction of sp³-hybridized carbons (Fsp3) is 0.444. The van der Waals surface area contributed by atoms with Crippen molar-refractivity contribution in [2.24, 2.45) is 0 Å². The number of aromatic nitrogens is 5. The van der Waals surface area contributed by atoms with Gasteiger partial charge in [0.15, 0.2) is 5.13 Å². The van der Waals surface area contributed by atoms with Crippen molar-refractivity contribution < 1.29 is 0 Å². The molecular formula is C18H23N7S. The van der Waals surface area contributed by atoms with Crippen molar-refractivity contribution in [1.82, 2.24) is 30.0 Å². The number of H-pyrrole nitrogens is 1. The van der Waals surface area contributed by atoms with E-state index in [-0.39, 0.29) is 0 Å². The molecule has 0 spiro atoms. The molecule has 0 radical (unpaired) electrons. The van der Waals surface area contributed by atoms with Gasteiger partial charge in [0.05, 0.1) is 11.4 Å². The highest BCUT2D eigenvalue weighted by molar-refractivity contribution is 7.13. The summed E-state index contributed by atoms with van der Waals surface area (Å²) in [6.07, 6.45) is 4.14. The molecule has 26 heavy (non-hydrogen) atoms. The van der Waals surface area contributed by atoms with E-state index in [9.17, 15) is 0 Å². The summed E-state index contributed by atoms with van der Waals surface area (Å²) >= 11 is 1.59. The van der Waals surface area contributed by atoms with Crippen LogP contribution in [0.2, 0.25) is 0 Å². The number of hydrogen-bond acceptors (Lipinski definition) is 7. The summed E-state index contributed by atoms with van der Waals surface area (Å²) in [5.41, 5.74) is 3.29. The van der Waals surface area contributed by atoms with Gasteiger partial charge in [-0.1, -0.05) is 0 Å². The van der Waals surface area contributed by atoms with Gasteiger partial charge in [-0.05, 0) is 39.3 Å². The van der Waals surface area contributed by atoms with Gasteiger partial charge >= 0.3 is 0 Å². The Morgan fingerprint density at radius 3 is 3.00 bits per heavy atom. The number of likely N-dealkylation sites (tertiary alicyclic amines) is 1. The zero-order valence-corrected chi connectivity index (χ0v) is 15.9. The fourth-order valence-electron chi connectivity index (χ4n) is 3.44. The summed E-state index contributed by atoms with van der Waals surface area (Å²) in [6.45, 7) is 6.97. The van der Waals surface area contributed by atoms with Crippen LogP contribution in [0.3, 0.4) is 0 Å². The minimum Gasteiger partial charge on any atom is -0.316 e. The van der Waals surface area contributed by atoms with Crippen LogP contribution in [0.5, 0.6) is 0 Å². The number of nitrogens with one attached hydrogen (secondary N) is 2. The minimum absolute atomic E-state index is 0.423. The smallest absolute Gasteiger partial charge is 0.188 e. The second-order valence-electron chi connectivity index (χ2n) is 6.80. The van der Waals surface area contributed by atoms with E-state index in [2.05, 4.69) is 36.4 Å². The van der Waals surface area contributed by atoms with Crippen LogP contribution in [0.25, 0.3) is 0 Å². The van der Waals surface area contributed by atoms with Gasteiger partial charge in [0.25, 0.3) is 0 Å². The Labute approximate surface area is 156 Å². The largest absolute Gasteiger partial charge is 0.316 e. The third kappa shape index (κ3) is 4.08.